The molecule has 20 heavy (non-hydrogen) atoms. The van der Waals surface area contributed by atoms with E-state index in [-0.39, 0.29) is 4.90 Å². The monoisotopic (exact) mass is 295 g/mol. The van der Waals surface area contributed by atoms with Gasteiger partial charge in [0.05, 0.1) is 18.3 Å². The van der Waals surface area contributed by atoms with Crippen LogP contribution in [0.4, 0.5) is 0 Å². The minimum Gasteiger partial charge on any atom is -0.497 e. The predicted molar refractivity (Wildman–Crippen MR) is 75.2 cm³/mol. The fourth-order valence-electron chi connectivity index (χ4n) is 1.76. The number of aryl methyl sites for hydroxylation is 1. The van der Waals surface area contributed by atoms with Crippen molar-refractivity contribution in [1.82, 2.24) is 4.72 Å². The number of sulfonamides is 1. The number of methoxy groups -OCH3 is 1. The first-order valence-electron chi connectivity index (χ1n) is 6.28. The maximum atomic E-state index is 12.0. The molecule has 0 spiro atoms. The van der Waals surface area contributed by atoms with Crippen molar-refractivity contribution < 1.29 is 17.6 Å². The molecule has 1 N–H and O–H groups in total. The van der Waals surface area contributed by atoms with E-state index in [2.05, 4.69) is 4.72 Å². The summed E-state index contributed by atoms with van der Waals surface area (Å²) in [5, 5.41) is 0. The minimum absolute atomic E-state index is 0.233. The summed E-state index contributed by atoms with van der Waals surface area (Å²) in [4.78, 5) is 0.233. The molecule has 0 aliphatic rings. The van der Waals surface area contributed by atoms with Gasteiger partial charge < -0.3 is 9.15 Å². The van der Waals surface area contributed by atoms with Gasteiger partial charge in [0.1, 0.15) is 11.5 Å². The highest BCUT2D eigenvalue weighted by Crippen LogP contribution is 2.15. The number of rotatable bonds is 7. The molecule has 2 rings (SSSR count). The second-order valence-electron chi connectivity index (χ2n) is 4.26. The Bertz CT molecular complexity index is 618. The zero-order valence-corrected chi connectivity index (χ0v) is 12.0. The molecule has 0 unspecified atom stereocenters. The summed E-state index contributed by atoms with van der Waals surface area (Å²) >= 11 is 0. The summed E-state index contributed by atoms with van der Waals surface area (Å²) in [7, 11) is -1.92. The van der Waals surface area contributed by atoms with Crippen molar-refractivity contribution in [2.75, 3.05) is 13.7 Å². The SMILES string of the molecule is COc1ccc(S(=O)(=O)NCCCc2ccco2)cc1. The first kappa shape index (κ1) is 14.6. The van der Waals surface area contributed by atoms with Crippen molar-refractivity contribution in [2.24, 2.45) is 0 Å². The van der Waals surface area contributed by atoms with Crippen molar-refractivity contribution in [2.45, 2.75) is 17.7 Å². The van der Waals surface area contributed by atoms with Crippen LogP contribution < -0.4 is 9.46 Å². The second-order valence-corrected chi connectivity index (χ2v) is 6.02. The van der Waals surface area contributed by atoms with Gasteiger partial charge in [-0.3, -0.25) is 0 Å². The number of nitrogens with one attached hydrogen (secondary N) is 1. The van der Waals surface area contributed by atoms with Crippen molar-refractivity contribution in [3.63, 3.8) is 0 Å². The van der Waals surface area contributed by atoms with E-state index in [1.165, 1.54) is 19.2 Å². The number of furan rings is 1. The lowest BCUT2D eigenvalue weighted by Crippen LogP contribution is -2.25. The van der Waals surface area contributed by atoms with Crippen LogP contribution in [0.3, 0.4) is 0 Å². The van der Waals surface area contributed by atoms with Crippen LogP contribution >= 0.6 is 0 Å². The Labute approximate surface area is 118 Å². The molecule has 0 saturated heterocycles. The van der Waals surface area contributed by atoms with Gasteiger partial charge in [0.2, 0.25) is 10.0 Å². The molecule has 2 aromatic rings. The number of hydrogen-bond acceptors (Lipinski definition) is 4. The molecule has 6 heteroatoms. The normalized spacial score (nSPS) is 11.4. The molecular formula is C14H17NO4S. The van der Waals surface area contributed by atoms with E-state index in [0.29, 0.717) is 25.1 Å². The summed E-state index contributed by atoms with van der Waals surface area (Å²) in [6.45, 7) is 0.370. The van der Waals surface area contributed by atoms with Gasteiger partial charge in [0.15, 0.2) is 0 Å². The largest absolute Gasteiger partial charge is 0.497 e. The van der Waals surface area contributed by atoms with E-state index in [0.717, 1.165) is 5.76 Å². The Morgan fingerprint density at radius 3 is 2.55 bits per heavy atom. The molecule has 0 saturated carbocycles. The van der Waals surface area contributed by atoms with Gasteiger partial charge in [0.25, 0.3) is 0 Å². The Morgan fingerprint density at radius 2 is 1.95 bits per heavy atom. The maximum absolute atomic E-state index is 12.0. The van der Waals surface area contributed by atoms with Gasteiger partial charge in [-0.25, -0.2) is 13.1 Å². The molecule has 1 aromatic heterocycles. The lowest BCUT2D eigenvalue weighted by Gasteiger charge is -2.07. The lowest BCUT2D eigenvalue weighted by atomic mass is 10.2. The number of ether oxygens (including phenoxy) is 1. The zero-order chi connectivity index (χ0) is 14.4. The molecule has 5 nitrogen and oxygen atoms in total. The zero-order valence-electron chi connectivity index (χ0n) is 11.2. The van der Waals surface area contributed by atoms with Gasteiger partial charge >= 0.3 is 0 Å². The topological polar surface area (TPSA) is 68.5 Å². The quantitative estimate of drug-likeness (QED) is 0.795. The molecule has 0 amide bonds. The highest BCUT2D eigenvalue weighted by molar-refractivity contribution is 7.89. The summed E-state index contributed by atoms with van der Waals surface area (Å²) < 4.78 is 36.8. The number of benzene rings is 1. The Kier molecular flexibility index (Phi) is 4.81. The second kappa shape index (κ2) is 6.58. The Balaban J connectivity index is 1.86. The molecule has 0 atom stereocenters. The number of hydrogen-bond donors (Lipinski definition) is 1. The first-order chi connectivity index (χ1) is 9.62. The van der Waals surface area contributed by atoms with E-state index >= 15 is 0 Å². The Morgan fingerprint density at radius 1 is 1.20 bits per heavy atom. The average molecular weight is 295 g/mol. The molecule has 1 aromatic carbocycles. The van der Waals surface area contributed by atoms with E-state index < -0.39 is 10.0 Å². The van der Waals surface area contributed by atoms with Crippen LogP contribution in [0.25, 0.3) is 0 Å². The van der Waals surface area contributed by atoms with E-state index in [9.17, 15) is 8.42 Å². The molecule has 1 heterocycles. The van der Waals surface area contributed by atoms with Crippen molar-refractivity contribution in [3.8, 4) is 5.75 Å². The molecule has 108 valence electrons. The third-order valence-electron chi connectivity index (χ3n) is 2.84. The summed E-state index contributed by atoms with van der Waals surface area (Å²) in [6.07, 6.45) is 3.00. The third kappa shape index (κ3) is 3.85. The van der Waals surface area contributed by atoms with Gasteiger partial charge in [-0.2, -0.15) is 0 Å². The Hall–Kier alpha value is -1.79. The molecule has 0 fully saturated rings. The van der Waals surface area contributed by atoms with Crippen LogP contribution in [0, 0.1) is 0 Å². The lowest BCUT2D eigenvalue weighted by molar-refractivity contribution is 0.414. The van der Waals surface area contributed by atoms with Crippen LogP contribution in [0.5, 0.6) is 5.75 Å². The highest BCUT2D eigenvalue weighted by Gasteiger charge is 2.13. The van der Waals surface area contributed by atoms with Gasteiger partial charge in [-0.05, 0) is 42.8 Å². The van der Waals surface area contributed by atoms with Crippen LogP contribution in [-0.2, 0) is 16.4 Å². The van der Waals surface area contributed by atoms with Gasteiger partial charge in [-0.15, -0.1) is 0 Å². The molecule has 0 aliphatic heterocycles. The van der Waals surface area contributed by atoms with Crippen LogP contribution in [-0.4, -0.2) is 22.1 Å². The summed E-state index contributed by atoms with van der Waals surface area (Å²) in [5.74, 6) is 1.48. The van der Waals surface area contributed by atoms with Gasteiger partial charge in [0, 0.05) is 13.0 Å². The predicted octanol–water partition coefficient (Wildman–Crippen LogP) is 2.20. The van der Waals surface area contributed by atoms with Crippen LogP contribution in [0.2, 0.25) is 0 Å². The first-order valence-corrected chi connectivity index (χ1v) is 7.76. The molecule has 0 bridgehead atoms. The van der Waals surface area contributed by atoms with Crippen LogP contribution in [0.1, 0.15) is 12.2 Å². The van der Waals surface area contributed by atoms with E-state index in [1.807, 2.05) is 12.1 Å². The molecule has 0 radical (unpaired) electrons. The molecular weight excluding hydrogens is 278 g/mol. The highest BCUT2D eigenvalue weighted by atomic mass is 32.2. The van der Waals surface area contributed by atoms with Crippen molar-refractivity contribution >= 4 is 10.0 Å². The smallest absolute Gasteiger partial charge is 0.240 e. The van der Waals surface area contributed by atoms with E-state index in [1.54, 1.807) is 18.4 Å². The minimum atomic E-state index is -3.46. The average Bonchev–Trinajstić information content (AvgIpc) is 2.97. The van der Waals surface area contributed by atoms with Crippen molar-refractivity contribution in [1.29, 1.82) is 0 Å². The van der Waals surface area contributed by atoms with Crippen LogP contribution in [0.15, 0.2) is 52.0 Å². The third-order valence-corrected chi connectivity index (χ3v) is 4.32. The summed E-state index contributed by atoms with van der Waals surface area (Å²) in [6, 6.07) is 9.98. The molecule has 0 aliphatic carbocycles. The fourth-order valence-corrected chi connectivity index (χ4v) is 2.84. The van der Waals surface area contributed by atoms with Gasteiger partial charge in [-0.1, -0.05) is 0 Å². The van der Waals surface area contributed by atoms with Crippen molar-refractivity contribution in [3.05, 3.63) is 48.4 Å². The summed E-state index contributed by atoms with van der Waals surface area (Å²) in [5.41, 5.74) is 0. The standard InChI is InChI=1S/C14H17NO4S/c1-18-12-6-8-14(9-7-12)20(16,17)15-10-2-4-13-5-3-11-19-13/h3,5-9,11,15H,2,4,10H2,1H3. The van der Waals surface area contributed by atoms with E-state index in [4.69, 9.17) is 9.15 Å². The maximum Gasteiger partial charge on any atom is 0.240 e. The fraction of sp³-hybridized carbons (Fsp3) is 0.286.